The summed E-state index contributed by atoms with van der Waals surface area (Å²) in [5.74, 6) is 0.721. The van der Waals surface area contributed by atoms with Gasteiger partial charge in [-0.15, -0.1) is 0 Å². The van der Waals surface area contributed by atoms with Crippen LogP contribution in [0.5, 0.6) is 5.75 Å². The quantitative estimate of drug-likeness (QED) is 0.420. The molecule has 1 rings (SSSR count). The van der Waals surface area contributed by atoms with Crippen molar-refractivity contribution in [2.75, 3.05) is 7.11 Å². The molecule has 0 fully saturated rings. The number of carbonyl (C=O) groups is 1. The Morgan fingerprint density at radius 1 is 1.46 bits per heavy atom. The van der Waals surface area contributed by atoms with Crippen molar-refractivity contribution in [2.24, 2.45) is 5.10 Å². The van der Waals surface area contributed by atoms with Crippen LogP contribution in [0.4, 0.5) is 0 Å². The normalized spacial score (nSPS) is 9.92. The van der Waals surface area contributed by atoms with Gasteiger partial charge in [-0.05, 0) is 12.1 Å². The number of benzene rings is 1. The fourth-order valence-corrected chi connectivity index (χ4v) is 0.910. The molecule has 0 atom stereocenters. The van der Waals surface area contributed by atoms with E-state index in [4.69, 9.17) is 4.74 Å². The molecule has 4 nitrogen and oxygen atoms in total. The maximum atomic E-state index is 9.89. The second-order valence-electron chi connectivity index (χ2n) is 2.25. The Balaban J connectivity index is 2.80. The molecule has 0 aliphatic heterocycles. The lowest BCUT2D eigenvalue weighted by molar-refractivity contribution is -0.109. The van der Waals surface area contributed by atoms with Crippen LogP contribution in [0.15, 0.2) is 29.4 Å². The number of carbonyl (C=O) groups excluding carboxylic acids is 1. The van der Waals surface area contributed by atoms with Gasteiger partial charge in [0.2, 0.25) is 6.41 Å². The van der Waals surface area contributed by atoms with Crippen LogP contribution in [0.25, 0.3) is 0 Å². The van der Waals surface area contributed by atoms with E-state index in [1.165, 1.54) is 6.21 Å². The van der Waals surface area contributed by atoms with E-state index >= 15 is 0 Å². The molecule has 0 aliphatic carbocycles. The SMILES string of the molecule is COc1ccccc1/C=N\NC=O. The molecule has 1 aromatic carbocycles. The van der Waals surface area contributed by atoms with Crippen LogP contribution in [0.1, 0.15) is 5.56 Å². The van der Waals surface area contributed by atoms with Crippen LogP contribution in [0.2, 0.25) is 0 Å². The molecule has 4 heteroatoms. The number of hydrazone groups is 1. The van der Waals surface area contributed by atoms with Crippen molar-refractivity contribution >= 4 is 12.6 Å². The number of amides is 1. The first-order valence-electron chi connectivity index (χ1n) is 3.73. The van der Waals surface area contributed by atoms with Crippen LogP contribution in [-0.4, -0.2) is 19.7 Å². The lowest BCUT2D eigenvalue weighted by Crippen LogP contribution is -2.01. The number of nitrogens with one attached hydrogen (secondary N) is 1. The van der Waals surface area contributed by atoms with E-state index in [1.54, 1.807) is 7.11 Å². The second kappa shape index (κ2) is 4.92. The third-order valence-electron chi connectivity index (χ3n) is 1.47. The molecule has 0 spiro atoms. The van der Waals surface area contributed by atoms with Crippen molar-refractivity contribution in [3.8, 4) is 5.75 Å². The molecule has 0 bridgehead atoms. The van der Waals surface area contributed by atoms with E-state index in [2.05, 4.69) is 10.5 Å². The number of ether oxygens (including phenoxy) is 1. The van der Waals surface area contributed by atoms with Crippen LogP contribution in [0, 0.1) is 0 Å². The van der Waals surface area contributed by atoms with E-state index in [0.29, 0.717) is 6.41 Å². The largest absolute Gasteiger partial charge is 0.496 e. The molecule has 1 N–H and O–H groups in total. The first-order valence-corrected chi connectivity index (χ1v) is 3.73. The number of para-hydroxylation sites is 1. The molecule has 0 unspecified atom stereocenters. The Hall–Kier alpha value is -1.84. The fraction of sp³-hybridized carbons (Fsp3) is 0.111. The zero-order chi connectivity index (χ0) is 9.52. The van der Waals surface area contributed by atoms with Gasteiger partial charge < -0.3 is 4.74 Å². The highest BCUT2D eigenvalue weighted by Crippen LogP contribution is 2.14. The maximum Gasteiger partial charge on any atom is 0.227 e. The third kappa shape index (κ3) is 2.59. The molecule has 0 radical (unpaired) electrons. The summed E-state index contributed by atoms with van der Waals surface area (Å²) in [6, 6.07) is 7.39. The molecule has 1 aromatic rings. The van der Waals surface area contributed by atoms with Gasteiger partial charge in [-0.3, -0.25) is 4.79 Å². The third-order valence-corrected chi connectivity index (χ3v) is 1.47. The fourth-order valence-electron chi connectivity index (χ4n) is 0.910. The van der Waals surface area contributed by atoms with E-state index < -0.39 is 0 Å². The highest BCUT2D eigenvalue weighted by Gasteiger charge is 1.96. The Labute approximate surface area is 76.2 Å². The van der Waals surface area contributed by atoms with Crippen molar-refractivity contribution in [3.05, 3.63) is 29.8 Å². The van der Waals surface area contributed by atoms with E-state index in [9.17, 15) is 4.79 Å². The molecular weight excluding hydrogens is 168 g/mol. The van der Waals surface area contributed by atoms with Gasteiger partial charge in [0.1, 0.15) is 5.75 Å². The molecule has 1 amide bonds. The minimum Gasteiger partial charge on any atom is -0.496 e. The van der Waals surface area contributed by atoms with Gasteiger partial charge in [0, 0.05) is 5.56 Å². The highest BCUT2D eigenvalue weighted by atomic mass is 16.5. The van der Waals surface area contributed by atoms with Gasteiger partial charge in [0.15, 0.2) is 0 Å². The van der Waals surface area contributed by atoms with Crippen molar-refractivity contribution in [1.29, 1.82) is 0 Å². The topological polar surface area (TPSA) is 50.7 Å². The van der Waals surface area contributed by atoms with E-state index in [0.717, 1.165) is 11.3 Å². The lowest BCUT2D eigenvalue weighted by Gasteiger charge is -2.01. The standard InChI is InChI=1S/C9H10N2O2/c1-13-9-5-3-2-4-8(9)6-10-11-7-12/h2-7H,1H3,(H,11,12)/b10-6-. The maximum absolute atomic E-state index is 9.89. The van der Waals surface area contributed by atoms with Gasteiger partial charge in [-0.2, -0.15) is 5.10 Å². The smallest absolute Gasteiger partial charge is 0.227 e. The minimum absolute atomic E-state index is 0.506. The molecule has 68 valence electrons. The first kappa shape index (κ1) is 9.25. The van der Waals surface area contributed by atoms with Gasteiger partial charge in [0.25, 0.3) is 0 Å². The Kier molecular flexibility index (Phi) is 3.50. The van der Waals surface area contributed by atoms with Crippen LogP contribution < -0.4 is 10.2 Å². The zero-order valence-corrected chi connectivity index (χ0v) is 7.23. The van der Waals surface area contributed by atoms with Gasteiger partial charge >= 0.3 is 0 Å². The van der Waals surface area contributed by atoms with Gasteiger partial charge in [-0.25, -0.2) is 5.43 Å². The first-order chi connectivity index (χ1) is 6.38. The molecule has 0 aromatic heterocycles. The summed E-state index contributed by atoms with van der Waals surface area (Å²) in [6.07, 6.45) is 2.03. The van der Waals surface area contributed by atoms with Crippen molar-refractivity contribution in [1.82, 2.24) is 5.43 Å². The predicted molar refractivity (Wildman–Crippen MR) is 49.8 cm³/mol. The number of hydrogen-bond donors (Lipinski definition) is 1. The molecule has 0 heterocycles. The average Bonchev–Trinajstić information content (AvgIpc) is 2.19. The summed E-state index contributed by atoms with van der Waals surface area (Å²) < 4.78 is 5.07. The van der Waals surface area contributed by atoms with E-state index in [1.807, 2.05) is 24.3 Å². The number of rotatable bonds is 4. The van der Waals surface area contributed by atoms with Crippen molar-refractivity contribution in [3.63, 3.8) is 0 Å². The van der Waals surface area contributed by atoms with Crippen LogP contribution >= 0.6 is 0 Å². The summed E-state index contributed by atoms with van der Waals surface area (Å²) in [6.45, 7) is 0. The minimum atomic E-state index is 0.506. The molecule has 13 heavy (non-hydrogen) atoms. The highest BCUT2D eigenvalue weighted by molar-refractivity contribution is 5.83. The number of nitrogens with zero attached hydrogens (tertiary/aromatic N) is 1. The van der Waals surface area contributed by atoms with Crippen molar-refractivity contribution < 1.29 is 9.53 Å². The summed E-state index contributed by atoms with van der Waals surface area (Å²) in [7, 11) is 1.58. The second-order valence-corrected chi connectivity index (χ2v) is 2.25. The lowest BCUT2D eigenvalue weighted by atomic mass is 10.2. The van der Waals surface area contributed by atoms with Crippen LogP contribution in [-0.2, 0) is 4.79 Å². The van der Waals surface area contributed by atoms with Crippen molar-refractivity contribution in [2.45, 2.75) is 0 Å². The van der Waals surface area contributed by atoms with Gasteiger partial charge in [-0.1, -0.05) is 12.1 Å². The Morgan fingerprint density at radius 2 is 2.23 bits per heavy atom. The number of hydrogen-bond acceptors (Lipinski definition) is 3. The summed E-state index contributed by atoms with van der Waals surface area (Å²) in [5, 5.41) is 3.65. The predicted octanol–water partition coefficient (Wildman–Crippen LogP) is 0.775. The molecule has 0 aliphatic rings. The molecule has 0 saturated carbocycles. The van der Waals surface area contributed by atoms with Crippen LogP contribution in [0.3, 0.4) is 0 Å². The van der Waals surface area contributed by atoms with E-state index in [-0.39, 0.29) is 0 Å². The Morgan fingerprint density at radius 3 is 2.92 bits per heavy atom. The molecule has 0 saturated heterocycles. The monoisotopic (exact) mass is 178 g/mol. The molecular formula is C9H10N2O2. The van der Waals surface area contributed by atoms with Gasteiger partial charge in [0.05, 0.1) is 13.3 Å². The average molecular weight is 178 g/mol. The summed E-state index contributed by atoms with van der Waals surface area (Å²) in [4.78, 5) is 9.89. The Bertz CT molecular complexity index is 310. The summed E-state index contributed by atoms with van der Waals surface area (Å²) >= 11 is 0. The number of methoxy groups -OCH3 is 1. The zero-order valence-electron chi connectivity index (χ0n) is 7.23. The summed E-state index contributed by atoms with van der Waals surface area (Å²) in [5.41, 5.74) is 3.00.